The van der Waals surface area contributed by atoms with Gasteiger partial charge in [-0.05, 0) is 32.9 Å². The van der Waals surface area contributed by atoms with Gasteiger partial charge in [-0.2, -0.15) is 10.2 Å². The lowest BCUT2D eigenvalue weighted by molar-refractivity contribution is -0.119. The molecule has 1 atom stereocenters. The van der Waals surface area contributed by atoms with E-state index in [2.05, 4.69) is 15.5 Å². The maximum absolute atomic E-state index is 12.6. The smallest absolute Gasteiger partial charge is 0.250 e. The van der Waals surface area contributed by atoms with Crippen LogP contribution in [0.1, 0.15) is 29.9 Å². The van der Waals surface area contributed by atoms with Gasteiger partial charge in [0.25, 0.3) is 0 Å². The fraction of sp³-hybridized carbons (Fsp3) is 0.278. The molecule has 1 N–H and O–H groups in total. The minimum Gasteiger partial charge on any atom is -0.306 e. The van der Waals surface area contributed by atoms with E-state index >= 15 is 0 Å². The number of nitrogens with one attached hydrogen (secondary N) is 1. The van der Waals surface area contributed by atoms with Gasteiger partial charge in [-0.3, -0.25) is 14.2 Å². The first-order valence-electron chi connectivity index (χ1n) is 8.37. The Morgan fingerprint density at radius 1 is 1.11 bits per heavy atom. The number of aromatic nitrogens is 4. The van der Waals surface area contributed by atoms with Gasteiger partial charge in [0.2, 0.25) is 5.91 Å². The predicted octanol–water partition coefficient (Wildman–Crippen LogP) is 5.56. The van der Waals surface area contributed by atoms with Crippen LogP contribution in [-0.4, -0.2) is 25.5 Å². The number of halogens is 4. The third kappa shape index (κ3) is 4.15. The van der Waals surface area contributed by atoms with Crippen LogP contribution in [-0.2, 0) is 11.3 Å². The number of nitrogens with zero attached hydrogens (tertiary/aromatic N) is 4. The zero-order valence-electron chi connectivity index (χ0n) is 15.3. The van der Waals surface area contributed by atoms with E-state index in [0.29, 0.717) is 43.6 Å². The van der Waals surface area contributed by atoms with Crippen LogP contribution in [0, 0.1) is 13.8 Å². The summed E-state index contributed by atoms with van der Waals surface area (Å²) in [6, 6.07) is 4.67. The second kappa shape index (κ2) is 8.33. The molecule has 3 rings (SSSR count). The molecule has 148 valence electrons. The second-order valence-electron chi connectivity index (χ2n) is 6.32. The number of hydrogen-bond acceptors (Lipinski definition) is 3. The molecule has 0 aliphatic heterocycles. The molecule has 0 aliphatic rings. The number of benzene rings is 1. The normalized spacial score (nSPS) is 12.2. The van der Waals surface area contributed by atoms with E-state index in [9.17, 15) is 4.79 Å². The van der Waals surface area contributed by atoms with E-state index < -0.39 is 6.04 Å². The Kier molecular flexibility index (Phi) is 6.25. The molecule has 0 saturated heterocycles. The summed E-state index contributed by atoms with van der Waals surface area (Å²) in [4.78, 5) is 12.6. The molecular formula is C18H17Cl4N5O. The summed E-state index contributed by atoms with van der Waals surface area (Å²) in [7, 11) is 0. The highest BCUT2D eigenvalue weighted by Gasteiger charge is 2.22. The topological polar surface area (TPSA) is 64.7 Å². The first kappa shape index (κ1) is 21.0. The molecule has 0 bridgehead atoms. The molecule has 1 aromatic carbocycles. The predicted molar refractivity (Wildman–Crippen MR) is 113 cm³/mol. The van der Waals surface area contributed by atoms with Crippen molar-refractivity contribution >= 4 is 58.1 Å². The fourth-order valence-electron chi connectivity index (χ4n) is 2.76. The number of amides is 1. The van der Waals surface area contributed by atoms with Crippen molar-refractivity contribution in [2.75, 3.05) is 5.32 Å². The number of aryl methyl sites for hydroxylation is 1. The molecule has 28 heavy (non-hydrogen) atoms. The van der Waals surface area contributed by atoms with Crippen molar-refractivity contribution in [3.8, 4) is 0 Å². The lowest BCUT2D eigenvalue weighted by atomic mass is 10.2. The third-order valence-electron chi connectivity index (χ3n) is 4.32. The molecule has 2 aromatic heterocycles. The van der Waals surface area contributed by atoms with Crippen molar-refractivity contribution in [3.63, 3.8) is 0 Å². The van der Waals surface area contributed by atoms with Gasteiger partial charge in [0.15, 0.2) is 5.82 Å². The van der Waals surface area contributed by atoms with Crippen LogP contribution in [0.5, 0.6) is 0 Å². The molecule has 10 heteroatoms. The van der Waals surface area contributed by atoms with Crippen LogP contribution in [0.3, 0.4) is 0 Å². The number of hydrogen-bond donors (Lipinski definition) is 1. The van der Waals surface area contributed by atoms with Crippen LogP contribution in [0.25, 0.3) is 0 Å². The Bertz CT molecular complexity index is 1020. The van der Waals surface area contributed by atoms with Gasteiger partial charge in [-0.15, -0.1) is 0 Å². The van der Waals surface area contributed by atoms with E-state index in [1.807, 2.05) is 0 Å². The van der Waals surface area contributed by atoms with Crippen LogP contribution in [0.2, 0.25) is 20.1 Å². The maximum Gasteiger partial charge on any atom is 0.250 e. The van der Waals surface area contributed by atoms with Crippen LogP contribution < -0.4 is 5.32 Å². The Balaban J connectivity index is 1.78. The summed E-state index contributed by atoms with van der Waals surface area (Å²) in [6.07, 6.45) is 1.60. The van der Waals surface area contributed by atoms with Crippen molar-refractivity contribution in [3.05, 3.63) is 61.4 Å². The van der Waals surface area contributed by atoms with Gasteiger partial charge in [0.1, 0.15) is 11.1 Å². The average molecular weight is 461 g/mol. The summed E-state index contributed by atoms with van der Waals surface area (Å²) < 4.78 is 3.14. The zero-order valence-corrected chi connectivity index (χ0v) is 18.3. The fourth-order valence-corrected chi connectivity index (χ4v) is 3.60. The van der Waals surface area contributed by atoms with Crippen LogP contribution >= 0.6 is 46.4 Å². The summed E-state index contributed by atoms with van der Waals surface area (Å²) >= 11 is 24.8. The molecule has 2 heterocycles. The highest BCUT2D eigenvalue weighted by atomic mass is 35.5. The monoisotopic (exact) mass is 459 g/mol. The van der Waals surface area contributed by atoms with E-state index in [-0.39, 0.29) is 11.7 Å². The van der Waals surface area contributed by atoms with Gasteiger partial charge < -0.3 is 5.32 Å². The SMILES string of the molecule is Cc1nn(C(C)C(=O)Nc2nn(Cc3c(Cl)cccc3Cl)cc2Cl)c(C)c1Cl. The summed E-state index contributed by atoms with van der Waals surface area (Å²) in [5.41, 5.74) is 2.10. The largest absolute Gasteiger partial charge is 0.306 e. The van der Waals surface area contributed by atoms with Crippen LogP contribution in [0.4, 0.5) is 5.82 Å². The van der Waals surface area contributed by atoms with E-state index in [1.54, 1.807) is 54.5 Å². The van der Waals surface area contributed by atoms with E-state index in [0.717, 1.165) is 0 Å². The second-order valence-corrected chi connectivity index (χ2v) is 7.92. The summed E-state index contributed by atoms with van der Waals surface area (Å²) in [5, 5.41) is 13.3. The molecule has 1 amide bonds. The Labute approximate surface area is 182 Å². The van der Waals surface area contributed by atoms with Crippen molar-refractivity contribution in [1.82, 2.24) is 19.6 Å². The lowest BCUT2D eigenvalue weighted by Gasteiger charge is -2.13. The molecular weight excluding hydrogens is 444 g/mol. The summed E-state index contributed by atoms with van der Waals surface area (Å²) in [6.45, 7) is 5.63. The maximum atomic E-state index is 12.6. The van der Waals surface area contributed by atoms with Crippen molar-refractivity contribution in [1.29, 1.82) is 0 Å². The third-order valence-corrected chi connectivity index (χ3v) is 5.86. The minimum absolute atomic E-state index is 0.245. The standard InChI is InChI=1S/C18H17Cl4N5O/c1-9-16(22)10(2)27(24-9)11(3)18(28)23-17-15(21)8-26(25-17)7-12-13(19)5-4-6-14(12)20/h4-6,8,11H,7H2,1-3H3,(H,23,25,28). The van der Waals surface area contributed by atoms with Gasteiger partial charge in [-0.1, -0.05) is 52.5 Å². The van der Waals surface area contributed by atoms with Crippen LogP contribution in [0.15, 0.2) is 24.4 Å². The zero-order chi connectivity index (χ0) is 20.6. The number of carbonyl (C=O) groups is 1. The lowest BCUT2D eigenvalue weighted by Crippen LogP contribution is -2.25. The molecule has 0 fully saturated rings. The highest BCUT2D eigenvalue weighted by molar-refractivity contribution is 6.36. The van der Waals surface area contributed by atoms with Crippen molar-refractivity contribution < 1.29 is 4.79 Å². The number of rotatable bonds is 5. The molecule has 0 aliphatic carbocycles. The van der Waals surface area contributed by atoms with Gasteiger partial charge in [0.05, 0.1) is 23.0 Å². The molecule has 0 spiro atoms. The van der Waals surface area contributed by atoms with Gasteiger partial charge in [0, 0.05) is 21.8 Å². The quantitative estimate of drug-likeness (QED) is 0.542. The average Bonchev–Trinajstić information content (AvgIpc) is 3.11. The molecule has 1 unspecified atom stereocenters. The molecule has 0 saturated carbocycles. The first-order valence-corrected chi connectivity index (χ1v) is 9.88. The Hall–Kier alpha value is -1.73. The van der Waals surface area contributed by atoms with Gasteiger partial charge >= 0.3 is 0 Å². The van der Waals surface area contributed by atoms with Crippen molar-refractivity contribution in [2.45, 2.75) is 33.4 Å². The number of carbonyl (C=O) groups excluding carboxylic acids is 1. The highest BCUT2D eigenvalue weighted by Crippen LogP contribution is 2.28. The first-order chi connectivity index (χ1) is 13.2. The molecule has 6 nitrogen and oxygen atoms in total. The Morgan fingerprint density at radius 3 is 2.32 bits per heavy atom. The minimum atomic E-state index is -0.592. The number of anilines is 1. The van der Waals surface area contributed by atoms with Crippen molar-refractivity contribution in [2.24, 2.45) is 0 Å². The van der Waals surface area contributed by atoms with E-state index in [4.69, 9.17) is 46.4 Å². The van der Waals surface area contributed by atoms with Gasteiger partial charge in [-0.25, -0.2) is 0 Å². The Morgan fingerprint density at radius 2 is 1.75 bits per heavy atom. The summed E-state index contributed by atoms with van der Waals surface area (Å²) in [5.74, 6) is -0.0699. The molecule has 0 radical (unpaired) electrons. The van der Waals surface area contributed by atoms with E-state index in [1.165, 1.54) is 0 Å². The molecule has 3 aromatic rings.